The summed E-state index contributed by atoms with van der Waals surface area (Å²) in [5.74, 6) is 0.0286. The van der Waals surface area contributed by atoms with Crippen LogP contribution in [-0.2, 0) is 4.79 Å². The Hall–Kier alpha value is -1.76. The van der Waals surface area contributed by atoms with Gasteiger partial charge < -0.3 is 10.4 Å². The van der Waals surface area contributed by atoms with Crippen LogP contribution < -0.4 is 5.32 Å². The normalized spacial score (nSPS) is 12.8. The Morgan fingerprint density at radius 1 is 1.47 bits per heavy atom. The summed E-state index contributed by atoms with van der Waals surface area (Å²) in [6, 6.07) is -0.171. The molecule has 19 heavy (non-hydrogen) atoms. The quantitative estimate of drug-likeness (QED) is 0.873. The number of aromatic nitrogens is 3. The molecule has 102 valence electrons. The Bertz CT molecular complexity index is 596. The molecule has 2 heterocycles. The first kappa shape index (κ1) is 13.7. The number of carbonyl (C=O) groups is 1. The maximum absolute atomic E-state index is 10.9. The second kappa shape index (κ2) is 5.48. The van der Waals surface area contributed by atoms with Crippen molar-refractivity contribution in [2.24, 2.45) is 5.92 Å². The lowest BCUT2D eigenvalue weighted by Gasteiger charge is -2.21. The van der Waals surface area contributed by atoms with Crippen LogP contribution in [-0.4, -0.2) is 31.5 Å². The van der Waals surface area contributed by atoms with Crippen LogP contribution in [0.4, 0.5) is 5.82 Å². The molecule has 0 aliphatic carbocycles. The van der Waals surface area contributed by atoms with Gasteiger partial charge in [-0.05, 0) is 24.4 Å². The van der Waals surface area contributed by atoms with E-state index in [0.29, 0.717) is 5.82 Å². The minimum Gasteiger partial charge on any atom is -0.481 e. The molecular weight excluding hydrogens is 264 g/mol. The zero-order valence-electron chi connectivity index (χ0n) is 11.0. The monoisotopic (exact) mass is 280 g/mol. The second-order valence-electron chi connectivity index (χ2n) is 4.76. The molecule has 2 aromatic rings. The smallest absolute Gasteiger partial charge is 0.305 e. The maximum atomic E-state index is 10.9. The highest BCUT2D eigenvalue weighted by molar-refractivity contribution is 7.13. The van der Waals surface area contributed by atoms with Crippen LogP contribution in [0.25, 0.3) is 10.2 Å². The highest BCUT2D eigenvalue weighted by Crippen LogP contribution is 2.27. The van der Waals surface area contributed by atoms with Crippen LogP contribution in [0, 0.1) is 12.8 Å². The number of nitrogens with zero attached hydrogens (tertiary/aromatic N) is 3. The lowest BCUT2D eigenvalue weighted by atomic mass is 10.0. The minimum absolute atomic E-state index is 0.0553. The molecule has 0 radical (unpaired) electrons. The van der Waals surface area contributed by atoms with Gasteiger partial charge in [-0.2, -0.15) is 4.37 Å². The number of hydrogen-bond acceptors (Lipinski definition) is 6. The van der Waals surface area contributed by atoms with Crippen molar-refractivity contribution >= 4 is 33.5 Å². The summed E-state index contributed by atoms with van der Waals surface area (Å²) >= 11 is 1.32. The summed E-state index contributed by atoms with van der Waals surface area (Å²) in [4.78, 5) is 20.1. The van der Waals surface area contributed by atoms with Crippen LogP contribution in [0.2, 0.25) is 0 Å². The molecule has 0 bridgehead atoms. The zero-order valence-corrected chi connectivity index (χ0v) is 11.9. The molecular formula is C12H16N4O2S. The van der Waals surface area contributed by atoms with Crippen molar-refractivity contribution in [2.45, 2.75) is 33.2 Å². The van der Waals surface area contributed by atoms with Crippen molar-refractivity contribution in [3.05, 3.63) is 12.0 Å². The lowest BCUT2D eigenvalue weighted by molar-refractivity contribution is -0.137. The Kier molecular flexibility index (Phi) is 3.94. The summed E-state index contributed by atoms with van der Waals surface area (Å²) in [5.41, 5.74) is 0.862. The molecule has 0 spiro atoms. The van der Waals surface area contributed by atoms with Gasteiger partial charge >= 0.3 is 5.97 Å². The number of anilines is 1. The average molecular weight is 280 g/mol. The minimum atomic E-state index is -0.823. The summed E-state index contributed by atoms with van der Waals surface area (Å²) in [5, 5.41) is 13.0. The molecule has 0 fully saturated rings. The SMILES string of the molecule is Cc1nsc2ncnc(NC(CC(=O)O)C(C)C)c12. The summed E-state index contributed by atoms with van der Waals surface area (Å²) in [6.45, 7) is 5.87. The van der Waals surface area contributed by atoms with Gasteiger partial charge in [-0.25, -0.2) is 9.97 Å². The number of aryl methyl sites for hydroxylation is 1. The predicted octanol–water partition coefficient (Wildman–Crippen LogP) is 2.31. The van der Waals surface area contributed by atoms with E-state index >= 15 is 0 Å². The van der Waals surface area contributed by atoms with Crippen LogP contribution in [0.15, 0.2) is 6.33 Å². The third kappa shape index (κ3) is 2.98. The number of fused-ring (bicyclic) bond motifs is 1. The van der Waals surface area contributed by atoms with Gasteiger partial charge in [0, 0.05) is 6.04 Å². The van der Waals surface area contributed by atoms with E-state index in [1.807, 2.05) is 20.8 Å². The molecule has 0 aliphatic rings. The maximum Gasteiger partial charge on any atom is 0.305 e. The Labute approximate surface area is 115 Å². The first-order chi connectivity index (χ1) is 8.99. The van der Waals surface area contributed by atoms with Crippen molar-refractivity contribution in [2.75, 3.05) is 5.32 Å². The van der Waals surface area contributed by atoms with Gasteiger partial charge in [0.05, 0.1) is 17.5 Å². The van der Waals surface area contributed by atoms with Gasteiger partial charge in [-0.1, -0.05) is 13.8 Å². The molecule has 1 atom stereocenters. The zero-order chi connectivity index (χ0) is 14.0. The van der Waals surface area contributed by atoms with E-state index in [1.165, 1.54) is 17.9 Å². The standard InChI is InChI=1S/C12H16N4O2S/c1-6(2)8(4-9(17)18)15-11-10-7(3)16-19-12(10)14-5-13-11/h5-6,8H,4H2,1-3H3,(H,17,18)(H,13,14,15). The number of hydrogen-bond donors (Lipinski definition) is 2. The third-order valence-corrected chi connectivity index (χ3v) is 3.81. The number of carboxylic acids is 1. The first-order valence-electron chi connectivity index (χ1n) is 6.04. The molecule has 1 unspecified atom stereocenters. The van der Waals surface area contributed by atoms with Crippen molar-refractivity contribution in [3.8, 4) is 0 Å². The molecule has 7 heteroatoms. The van der Waals surface area contributed by atoms with E-state index in [1.54, 1.807) is 0 Å². The molecule has 0 saturated carbocycles. The van der Waals surface area contributed by atoms with Crippen molar-refractivity contribution in [3.63, 3.8) is 0 Å². The Morgan fingerprint density at radius 3 is 2.84 bits per heavy atom. The highest BCUT2D eigenvalue weighted by Gasteiger charge is 2.19. The van der Waals surface area contributed by atoms with E-state index in [9.17, 15) is 4.79 Å². The van der Waals surface area contributed by atoms with E-state index in [4.69, 9.17) is 5.11 Å². The van der Waals surface area contributed by atoms with Gasteiger partial charge in [-0.3, -0.25) is 4.79 Å². The van der Waals surface area contributed by atoms with Gasteiger partial charge in [-0.15, -0.1) is 0 Å². The van der Waals surface area contributed by atoms with E-state index in [0.717, 1.165) is 15.9 Å². The fourth-order valence-corrected chi connectivity index (χ4v) is 2.59. The van der Waals surface area contributed by atoms with Crippen LogP contribution in [0.1, 0.15) is 26.0 Å². The van der Waals surface area contributed by atoms with Gasteiger partial charge in [0.1, 0.15) is 17.0 Å². The molecule has 0 saturated heterocycles. The number of aliphatic carboxylic acids is 1. The van der Waals surface area contributed by atoms with Crippen LogP contribution in [0.3, 0.4) is 0 Å². The van der Waals surface area contributed by atoms with Gasteiger partial charge in [0.15, 0.2) is 0 Å². The summed E-state index contributed by atoms with van der Waals surface area (Å²) < 4.78 is 4.25. The molecule has 0 aromatic carbocycles. The average Bonchev–Trinajstić information content (AvgIpc) is 2.71. The summed E-state index contributed by atoms with van der Waals surface area (Å²) in [7, 11) is 0. The molecule has 0 aliphatic heterocycles. The van der Waals surface area contributed by atoms with E-state index in [-0.39, 0.29) is 18.4 Å². The molecule has 2 aromatic heterocycles. The molecule has 0 amide bonds. The Balaban J connectivity index is 2.33. The van der Waals surface area contributed by atoms with Crippen molar-refractivity contribution in [1.29, 1.82) is 0 Å². The molecule has 2 rings (SSSR count). The van der Waals surface area contributed by atoms with E-state index in [2.05, 4.69) is 19.7 Å². The highest BCUT2D eigenvalue weighted by atomic mass is 32.1. The van der Waals surface area contributed by atoms with Crippen molar-refractivity contribution in [1.82, 2.24) is 14.3 Å². The lowest BCUT2D eigenvalue weighted by Crippen LogP contribution is -2.29. The number of rotatable bonds is 5. The number of nitrogens with one attached hydrogen (secondary N) is 1. The summed E-state index contributed by atoms with van der Waals surface area (Å²) in [6.07, 6.45) is 1.53. The van der Waals surface area contributed by atoms with E-state index < -0.39 is 5.97 Å². The largest absolute Gasteiger partial charge is 0.481 e. The topological polar surface area (TPSA) is 88.0 Å². The van der Waals surface area contributed by atoms with Crippen LogP contribution >= 0.6 is 11.5 Å². The van der Waals surface area contributed by atoms with Crippen molar-refractivity contribution < 1.29 is 9.90 Å². The fourth-order valence-electron chi connectivity index (χ4n) is 1.85. The van der Waals surface area contributed by atoms with Crippen LogP contribution in [0.5, 0.6) is 0 Å². The fraction of sp³-hybridized carbons (Fsp3) is 0.500. The molecule has 6 nitrogen and oxygen atoms in total. The first-order valence-corrected chi connectivity index (χ1v) is 6.81. The second-order valence-corrected chi connectivity index (χ2v) is 5.51. The number of carboxylic acid groups (broad SMARTS) is 1. The molecule has 2 N–H and O–H groups in total. The van der Waals surface area contributed by atoms with Gasteiger partial charge in [0.2, 0.25) is 0 Å². The predicted molar refractivity (Wildman–Crippen MR) is 74.4 cm³/mol. The third-order valence-electron chi connectivity index (χ3n) is 2.96. The Morgan fingerprint density at radius 2 is 2.21 bits per heavy atom. The van der Waals surface area contributed by atoms with Gasteiger partial charge in [0.25, 0.3) is 0 Å².